The number of ether oxygens (including phenoxy) is 1. The lowest BCUT2D eigenvalue weighted by Gasteiger charge is -2.12. The van der Waals surface area contributed by atoms with Crippen molar-refractivity contribution in [3.8, 4) is 5.75 Å². The maximum absolute atomic E-state index is 5.36. The van der Waals surface area contributed by atoms with E-state index in [2.05, 4.69) is 68.4 Å². The zero-order valence-electron chi connectivity index (χ0n) is 10.8. The molecule has 0 heterocycles. The van der Waals surface area contributed by atoms with Gasteiger partial charge in [-0.1, -0.05) is 37.9 Å². The summed E-state index contributed by atoms with van der Waals surface area (Å²) in [5.41, 5.74) is 3.43. The third-order valence-corrected chi connectivity index (χ3v) is 4.24. The zero-order valence-corrected chi connectivity index (χ0v) is 14.0. The first-order valence-electron chi connectivity index (χ1n) is 5.92. The molecule has 0 saturated carbocycles. The van der Waals surface area contributed by atoms with Crippen LogP contribution >= 0.6 is 31.9 Å². The van der Waals surface area contributed by atoms with E-state index in [9.17, 15) is 0 Å². The summed E-state index contributed by atoms with van der Waals surface area (Å²) in [7, 11) is 1.69. The third-order valence-electron chi connectivity index (χ3n) is 2.90. The number of hydrogen-bond donors (Lipinski definition) is 1. The molecule has 0 aliphatic carbocycles. The highest BCUT2D eigenvalue weighted by molar-refractivity contribution is 9.10. The molecule has 0 bridgehead atoms. The Morgan fingerprint density at radius 1 is 1.11 bits per heavy atom. The lowest BCUT2D eigenvalue weighted by Crippen LogP contribution is -2.02. The van der Waals surface area contributed by atoms with Crippen molar-refractivity contribution in [2.75, 3.05) is 12.4 Å². The number of nitrogens with one attached hydrogen (secondary N) is 1. The first-order chi connectivity index (χ1) is 9.10. The van der Waals surface area contributed by atoms with E-state index in [0.29, 0.717) is 0 Å². The first-order valence-corrected chi connectivity index (χ1v) is 7.51. The lowest BCUT2D eigenvalue weighted by atomic mass is 10.2. The molecule has 0 fully saturated rings. The first kappa shape index (κ1) is 14.4. The predicted molar refractivity (Wildman–Crippen MR) is 86.9 cm³/mol. The number of rotatable bonds is 4. The number of benzene rings is 2. The van der Waals surface area contributed by atoms with E-state index in [1.165, 1.54) is 5.56 Å². The summed E-state index contributed by atoms with van der Waals surface area (Å²) in [4.78, 5) is 0. The molecule has 0 aliphatic heterocycles. The van der Waals surface area contributed by atoms with E-state index in [1.54, 1.807) is 7.11 Å². The number of anilines is 1. The number of aryl methyl sites for hydroxylation is 1. The van der Waals surface area contributed by atoms with E-state index >= 15 is 0 Å². The van der Waals surface area contributed by atoms with Crippen molar-refractivity contribution in [2.24, 2.45) is 0 Å². The van der Waals surface area contributed by atoms with Gasteiger partial charge in [0.15, 0.2) is 0 Å². The highest BCUT2D eigenvalue weighted by Crippen LogP contribution is 2.25. The summed E-state index contributed by atoms with van der Waals surface area (Å²) in [6.45, 7) is 2.79. The maximum atomic E-state index is 5.36. The van der Waals surface area contributed by atoms with Crippen molar-refractivity contribution < 1.29 is 4.74 Å². The molecule has 0 aliphatic rings. The van der Waals surface area contributed by atoms with Crippen LogP contribution in [0.25, 0.3) is 0 Å². The summed E-state index contributed by atoms with van der Waals surface area (Å²) < 4.78 is 7.52. The van der Waals surface area contributed by atoms with Gasteiger partial charge in [0.2, 0.25) is 0 Å². The molecule has 0 saturated heterocycles. The second-order valence-corrected chi connectivity index (χ2v) is 6.04. The largest absolute Gasteiger partial charge is 0.496 e. The molecule has 0 atom stereocenters. The van der Waals surface area contributed by atoms with Crippen LogP contribution in [0.3, 0.4) is 0 Å². The Morgan fingerprint density at radius 2 is 1.89 bits per heavy atom. The normalized spacial score (nSPS) is 10.3. The summed E-state index contributed by atoms with van der Waals surface area (Å²) in [5.74, 6) is 0.891. The van der Waals surface area contributed by atoms with E-state index < -0.39 is 0 Å². The highest BCUT2D eigenvalue weighted by atomic mass is 79.9. The molecule has 19 heavy (non-hydrogen) atoms. The maximum Gasteiger partial charge on any atom is 0.123 e. The minimum absolute atomic E-state index is 0.720. The van der Waals surface area contributed by atoms with Crippen molar-refractivity contribution >= 4 is 37.5 Å². The van der Waals surface area contributed by atoms with Gasteiger partial charge in [-0.15, -0.1) is 0 Å². The summed E-state index contributed by atoms with van der Waals surface area (Å²) >= 11 is 7.02. The van der Waals surface area contributed by atoms with E-state index in [1.807, 2.05) is 12.1 Å². The van der Waals surface area contributed by atoms with Gasteiger partial charge in [0.05, 0.1) is 7.11 Å². The Hall–Kier alpha value is -1.00. The van der Waals surface area contributed by atoms with Crippen molar-refractivity contribution in [1.29, 1.82) is 0 Å². The van der Waals surface area contributed by atoms with Gasteiger partial charge >= 0.3 is 0 Å². The van der Waals surface area contributed by atoms with Crippen LogP contribution in [-0.2, 0) is 6.54 Å². The smallest absolute Gasteiger partial charge is 0.123 e. The van der Waals surface area contributed by atoms with Crippen molar-refractivity contribution in [2.45, 2.75) is 13.5 Å². The molecule has 0 unspecified atom stereocenters. The topological polar surface area (TPSA) is 21.3 Å². The molecule has 2 nitrogen and oxygen atoms in total. The summed E-state index contributed by atoms with van der Waals surface area (Å²) in [6, 6.07) is 12.3. The Balaban J connectivity index is 2.13. The molecule has 4 heteroatoms. The summed E-state index contributed by atoms with van der Waals surface area (Å²) in [5, 5.41) is 3.40. The number of halogens is 2. The average molecular weight is 385 g/mol. The second-order valence-electron chi connectivity index (χ2n) is 4.27. The Bertz CT molecular complexity index is 584. The Morgan fingerprint density at radius 3 is 2.58 bits per heavy atom. The van der Waals surface area contributed by atoms with Gasteiger partial charge in [0.1, 0.15) is 5.75 Å². The SMILES string of the molecule is COc1ccc(Br)cc1CNc1ccc(C)c(Br)c1. The Labute approximate surface area is 130 Å². The van der Waals surface area contributed by atoms with Gasteiger partial charge in [-0.25, -0.2) is 0 Å². The zero-order chi connectivity index (χ0) is 13.8. The second kappa shape index (κ2) is 6.44. The monoisotopic (exact) mass is 383 g/mol. The fourth-order valence-corrected chi connectivity index (χ4v) is 2.57. The average Bonchev–Trinajstić information content (AvgIpc) is 2.40. The molecular weight excluding hydrogens is 370 g/mol. The molecule has 2 rings (SSSR count). The van der Waals surface area contributed by atoms with Crippen LogP contribution in [0.15, 0.2) is 45.3 Å². The molecule has 1 N–H and O–H groups in total. The van der Waals surface area contributed by atoms with E-state index in [4.69, 9.17) is 4.74 Å². The fraction of sp³-hybridized carbons (Fsp3) is 0.200. The van der Waals surface area contributed by atoms with Gasteiger partial charge in [-0.3, -0.25) is 0 Å². The molecule has 0 radical (unpaired) electrons. The van der Waals surface area contributed by atoms with Crippen molar-refractivity contribution in [3.63, 3.8) is 0 Å². The molecule has 100 valence electrons. The predicted octanol–water partition coefficient (Wildman–Crippen LogP) is 5.14. The number of hydrogen-bond acceptors (Lipinski definition) is 2. The summed E-state index contributed by atoms with van der Waals surface area (Å²) in [6.07, 6.45) is 0. The lowest BCUT2D eigenvalue weighted by molar-refractivity contribution is 0.410. The van der Waals surface area contributed by atoms with E-state index in [0.717, 1.165) is 32.5 Å². The van der Waals surface area contributed by atoms with Crippen molar-refractivity contribution in [1.82, 2.24) is 0 Å². The van der Waals surface area contributed by atoms with Gasteiger partial charge in [0, 0.05) is 26.7 Å². The van der Waals surface area contributed by atoms with Gasteiger partial charge < -0.3 is 10.1 Å². The molecule has 2 aromatic rings. The minimum atomic E-state index is 0.720. The van der Waals surface area contributed by atoms with Gasteiger partial charge in [-0.05, 0) is 42.8 Å². The molecule has 2 aromatic carbocycles. The van der Waals surface area contributed by atoms with Crippen LogP contribution in [0.4, 0.5) is 5.69 Å². The van der Waals surface area contributed by atoms with Crippen LogP contribution in [0.2, 0.25) is 0 Å². The number of methoxy groups -OCH3 is 1. The van der Waals surface area contributed by atoms with E-state index in [-0.39, 0.29) is 0 Å². The third kappa shape index (κ3) is 3.74. The molecular formula is C15H15Br2NO. The minimum Gasteiger partial charge on any atom is -0.496 e. The molecule has 0 spiro atoms. The van der Waals surface area contributed by atoms with Crippen LogP contribution in [0.1, 0.15) is 11.1 Å². The Kier molecular flexibility index (Phi) is 4.88. The molecule has 0 amide bonds. The van der Waals surface area contributed by atoms with Crippen LogP contribution in [0.5, 0.6) is 5.75 Å². The van der Waals surface area contributed by atoms with Crippen LogP contribution in [0, 0.1) is 6.92 Å². The standard InChI is InChI=1S/C15H15Br2NO/c1-10-3-5-13(8-14(10)17)18-9-11-7-12(16)4-6-15(11)19-2/h3-8,18H,9H2,1-2H3. The van der Waals surface area contributed by atoms with Crippen LogP contribution in [-0.4, -0.2) is 7.11 Å². The van der Waals surface area contributed by atoms with Gasteiger partial charge in [0.25, 0.3) is 0 Å². The fourth-order valence-electron chi connectivity index (χ4n) is 1.79. The quantitative estimate of drug-likeness (QED) is 0.787. The van der Waals surface area contributed by atoms with Crippen LogP contribution < -0.4 is 10.1 Å². The highest BCUT2D eigenvalue weighted by Gasteiger charge is 2.04. The van der Waals surface area contributed by atoms with Gasteiger partial charge in [-0.2, -0.15) is 0 Å². The molecule has 0 aromatic heterocycles. The van der Waals surface area contributed by atoms with Crippen molar-refractivity contribution in [3.05, 3.63) is 56.5 Å².